The molecule has 106 valence electrons. The summed E-state index contributed by atoms with van der Waals surface area (Å²) in [4.78, 5) is 2.46. The Morgan fingerprint density at radius 2 is 2.26 bits per heavy atom. The second-order valence-electron chi connectivity index (χ2n) is 5.66. The molecule has 3 nitrogen and oxygen atoms in total. The standard InChI is InChI=1S/C16H26N2O/c1-3-9-18(12-15-5-4-8-17-15)11-14-10-13(2)6-7-16(14)19/h6-7,10,15,17,19H,3-5,8-9,11-12H2,1-2H3. The molecule has 1 heterocycles. The quantitative estimate of drug-likeness (QED) is 0.827. The number of hydrogen-bond acceptors (Lipinski definition) is 3. The molecule has 0 bridgehead atoms. The Labute approximate surface area is 116 Å². The van der Waals surface area contributed by atoms with Gasteiger partial charge in [0.25, 0.3) is 0 Å². The molecule has 1 aromatic carbocycles. The number of phenolic OH excluding ortho intramolecular Hbond substituents is 1. The lowest BCUT2D eigenvalue weighted by molar-refractivity contribution is 0.238. The summed E-state index contributed by atoms with van der Waals surface area (Å²) < 4.78 is 0. The highest BCUT2D eigenvalue weighted by molar-refractivity contribution is 5.35. The van der Waals surface area contributed by atoms with Gasteiger partial charge in [-0.1, -0.05) is 24.6 Å². The molecule has 1 saturated heterocycles. The molecule has 3 heteroatoms. The summed E-state index contributed by atoms with van der Waals surface area (Å²) in [6.07, 6.45) is 3.72. The molecular formula is C16H26N2O. The number of nitrogens with zero attached hydrogens (tertiary/aromatic N) is 1. The highest BCUT2D eigenvalue weighted by Gasteiger charge is 2.18. The maximum Gasteiger partial charge on any atom is 0.120 e. The molecule has 1 fully saturated rings. The molecule has 0 spiro atoms. The van der Waals surface area contributed by atoms with Gasteiger partial charge < -0.3 is 10.4 Å². The van der Waals surface area contributed by atoms with Gasteiger partial charge in [-0.25, -0.2) is 0 Å². The minimum Gasteiger partial charge on any atom is -0.508 e. The van der Waals surface area contributed by atoms with Crippen LogP contribution in [0.25, 0.3) is 0 Å². The van der Waals surface area contributed by atoms with Crippen molar-refractivity contribution in [2.75, 3.05) is 19.6 Å². The first kappa shape index (κ1) is 14.4. The van der Waals surface area contributed by atoms with Crippen molar-refractivity contribution in [2.24, 2.45) is 0 Å². The van der Waals surface area contributed by atoms with Crippen LogP contribution in [0.15, 0.2) is 18.2 Å². The van der Waals surface area contributed by atoms with E-state index >= 15 is 0 Å². The fourth-order valence-corrected chi connectivity index (χ4v) is 2.86. The van der Waals surface area contributed by atoms with E-state index in [1.54, 1.807) is 0 Å². The van der Waals surface area contributed by atoms with Crippen molar-refractivity contribution in [2.45, 2.75) is 45.7 Å². The third-order valence-corrected chi connectivity index (χ3v) is 3.81. The molecule has 0 aromatic heterocycles. The molecule has 0 saturated carbocycles. The Bertz CT molecular complexity index is 400. The van der Waals surface area contributed by atoms with Crippen LogP contribution in [0.3, 0.4) is 0 Å². The zero-order valence-electron chi connectivity index (χ0n) is 12.2. The lowest BCUT2D eigenvalue weighted by Gasteiger charge is -2.25. The lowest BCUT2D eigenvalue weighted by Crippen LogP contribution is -2.37. The fourth-order valence-electron chi connectivity index (χ4n) is 2.86. The second-order valence-corrected chi connectivity index (χ2v) is 5.66. The van der Waals surface area contributed by atoms with E-state index in [-0.39, 0.29) is 0 Å². The van der Waals surface area contributed by atoms with Crippen molar-refractivity contribution >= 4 is 0 Å². The topological polar surface area (TPSA) is 35.5 Å². The van der Waals surface area contributed by atoms with Crippen molar-refractivity contribution < 1.29 is 5.11 Å². The molecule has 1 aromatic rings. The van der Waals surface area contributed by atoms with Gasteiger partial charge in [0, 0.05) is 24.7 Å². The highest BCUT2D eigenvalue weighted by Crippen LogP contribution is 2.21. The Morgan fingerprint density at radius 3 is 2.95 bits per heavy atom. The van der Waals surface area contributed by atoms with Gasteiger partial charge in [-0.3, -0.25) is 4.90 Å². The van der Waals surface area contributed by atoms with Gasteiger partial charge in [0.2, 0.25) is 0 Å². The monoisotopic (exact) mass is 262 g/mol. The van der Waals surface area contributed by atoms with E-state index in [9.17, 15) is 5.11 Å². The molecular weight excluding hydrogens is 236 g/mol. The molecule has 2 rings (SSSR count). The number of rotatable bonds is 6. The maximum absolute atomic E-state index is 9.97. The second kappa shape index (κ2) is 6.92. The van der Waals surface area contributed by atoms with Gasteiger partial charge in [-0.05, 0) is 45.3 Å². The van der Waals surface area contributed by atoms with Crippen LogP contribution in [0.4, 0.5) is 0 Å². The Morgan fingerprint density at radius 1 is 1.42 bits per heavy atom. The molecule has 0 amide bonds. The van der Waals surface area contributed by atoms with Crippen LogP contribution in [0.1, 0.15) is 37.3 Å². The first-order valence-electron chi connectivity index (χ1n) is 7.43. The minimum atomic E-state index is 0.422. The average molecular weight is 262 g/mol. The molecule has 1 atom stereocenters. The molecule has 19 heavy (non-hydrogen) atoms. The van der Waals surface area contributed by atoms with Crippen molar-refractivity contribution in [3.05, 3.63) is 29.3 Å². The number of nitrogens with one attached hydrogen (secondary N) is 1. The predicted octanol–water partition coefficient (Wildman–Crippen LogP) is 2.66. The minimum absolute atomic E-state index is 0.422. The number of phenols is 1. The smallest absolute Gasteiger partial charge is 0.120 e. The first-order valence-corrected chi connectivity index (χ1v) is 7.43. The molecule has 0 radical (unpaired) electrons. The van der Waals surface area contributed by atoms with Crippen molar-refractivity contribution in [3.8, 4) is 5.75 Å². The summed E-state index contributed by atoms with van der Waals surface area (Å²) in [5.74, 6) is 0.422. The molecule has 2 N–H and O–H groups in total. The van der Waals surface area contributed by atoms with E-state index in [1.165, 1.54) is 18.4 Å². The van der Waals surface area contributed by atoms with Crippen LogP contribution >= 0.6 is 0 Å². The Hall–Kier alpha value is -1.06. The van der Waals surface area contributed by atoms with Crippen molar-refractivity contribution in [1.29, 1.82) is 0 Å². The van der Waals surface area contributed by atoms with Gasteiger partial charge in [0.15, 0.2) is 0 Å². The van der Waals surface area contributed by atoms with Crippen LogP contribution < -0.4 is 5.32 Å². The zero-order chi connectivity index (χ0) is 13.7. The lowest BCUT2D eigenvalue weighted by atomic mass is 10.1. The van der Waals surface area contributed by atoms with E-state index in [4.69, 9.17) is 0 Å². The van der Waals surface area contributed by atoms with E-state index < -0.39 is 0 Å². The van der Waals surface area contributed by atoms with Crippen LogP contribution in [0.5, 0.6) is 5.75 Å². The summed E-state index contributed by atoms with van der Waals surface area (Å²) in [5.41, 5.74) is 2.26. The molecule has 1 aliphatic heterocycles. The van der Waals surface area contributed by atoms with E-state index in [2.05, 4.69) is 30.1 Å². The van der Waals surface area contributed by atoms with Crippen molar-refractivity contribution in [3.63, 3.8) is 0 Å². The summed E-state index contributed by atoms with van der Waals surface area (Å²) in [6.45, 7) is 8.46. The van der Waals surface area contributed by atoms with Gasteiger partial charge in [0.1, 0.15) is 5.75 Å². The van der Waals surface area contributed by atoms with Gasteiger partial charge in [-0.15, -0.1) is 0 Å². The summed E-state index contributed by atoms with van der Waals surface area (Å²) in [6, 6.07) is 6.49. The highest BCUT2D eigenvalue weighted by atomic mass is 16.3. The van der Waals surface area contributed by atoms with Gasteiger partial charge >= 0.3 is 0 Å². The molecule has 1 aliphatic rings. The molecule has 0 aliphatic carbocycles. The number of aryl methyl sites for hydroxylation is 1. The predicted molar refractivity (Wildman–Crippen MR) is 79.4 cm³/mol. The first-order chi connectivity index (χ1) is 9.19. The van der Waals surface area contributed by atoms with E-state index in [0.29, 0.717) is 11.8 Å². The number of hydrogen-bond donors (Lipinski definition) is 2. The Balaban J connectivity index is 2.00. The number of aromatic hydroxyl groups is 1. The maximum atomic E-state index is 9.97. The number of benzene rings is 1. The Kier molecular flexibility index (Phi) is 5.23. The van der Waals surface area contributed by atoms with Crippen molar-refractivity contribution in [1.82, 2.24) is 10.2 Å². The van der Waals surface area contributed by atoms with Gasteiger partial charge in [-0.2, -0.15) is 0 Å². The normalized spacial score (nSPS) is 19.2. The molecule has 1 unspecified atom stereocenters. The van der Waals surface area contributed by atoms with E-state index in [1.807, 2.05) is 12.1 Å². The van der Waals surface area contributed by atoms with E-state index in [0.717, 1.165) is 38.2 Å². The van der Waals surface area contributed by atoms with Gasteiger partial charge in [0.05, 0.1) is 0 Å². The van der Waals surface area contributed by atoms with Crippen LogP contribution in [-0.4, -0.2) is 35.7 Å². The third kappa shape index (κ3) is 4.22. The average Bonchev–Trinajstić information content (AvgIpc) is 2.87. The summed E-state index contributed by atoms with van der Waals surface area (Å²) in [5, 5.41) is 13.5. The third-order valence-electron chi connectivity index (χ3n) is 3.81. The summed E-state index contributed by atoms with van der Waals surface area (Å²) >= 11 is 0. The largest absolute Gasteiger partial charge is 0.508 e. The van der Waals surface area contributed by atoms with Crippen LogP contribution in [0.2, 0.25) is 0 Å². The SMILES string of the molecule is CCCN(Cc1cc(C)ccc1O)CC1CCCN1. The van der Waals surface area contributed by atoms with Crippen LogP contribution in [0, 0.1) is 6.92 Å². The summed E-state index contributed by atoms with van der Waals surface area (Å²) in [7, 11) is 0. The zero-order valence-corrected chi connectivity index (χ0v) is 12.2. The fraction of sp³-hybridized carbons (Fsp3) is 0.625. The van der Waals surface area contributed by atoms with Crippen LogP contribution in [-0.2, 0) is 6.54 Å².